The van der Waals surface area contributed by atoms with Gasteiger partial charge in [0.2, 0.25) is 0 Å². The zero-order valence-corrected chi connectivity index (χ0v) is 9.13. The average molecular weight is 218 g/mol. The smallest absolute Gasteiger partial charge is 0.303 e. The SMILES string of the molecule is CC(CCC(=O)O)n1ncc2ccccc21. The van der Waals surface area contributed by atoms with Crippen LogP contribution in [0, 0.1) is 0 Å². The number of carbonyl (C=O) groups is 1. The second-order valence-corrected chi connectivity index (χ2v) is 3.93. The maximum absolute atomic E-state index is 10.5. The Morgan fingerprint density at radius 2 is 2.25 bits per heavy atom. The summed E-state index contributed by atoms with van der Waals surface area (Å²) in [6.45, 7) is 1.99. The third-order valence-electron chi connectivity index (χ3n) is 2.70. The van der Waals surface area contributed by atoms with Gasteiger partial charge in [-0.25, -0.2) is 0 Å². The van der Waals surface area contributed by atoms with E-state index in [4.69, 9.17) is 5.11 Å². The molecule has 1 unspecified atom stereocenters. The molecule has 1 N–H and O–H groups in total. The van der Waals surface area contributed by atoms with Gasteiger partial charge in [0.05, 0.1) is 17.8 Å². The maximum Gasteiger partial charge on any atom is 0.303 e. The van der Waals surface area contributed by atoms with E-state index in [1.807, 2.05) is 42.1 Å². The second-order valence-electron chi connectivity index (χ2n) is 3.93. The van der Waals surface area contributed by atoms with Crippen LogP contribution in [-0.2, 0) is 4.79 Å². The fourth-order valence-corrected chi connectivity index (χ4v) is 1.80. The molecule has 84 valence electrons. The second kappa shape index (κ2) is 4.35. The van der Waals surface area contributed by atoms with Crippen LogP contribution in [0.2, 0.25) is 0 Å². The Morgan fingerprint density at radius 1 is 1.50 bits per heavy atom. The van der Waals surface area contributed by atoms with Crippen LogP contribution in [0.25, 0.3) is 10.9 Å². The lowest BCUT2D eigenvalue weighted by Crippen LogP contribution is -2.08. The van der Waals surface area contributed by atoms with Crippen LogP contribution in [0.4, 0.5) is 0 Å². The normalized spacial score (nSPS) is 12.8. The first kappa shape index (κ1) is 10.7. The lowest BCUT2D eigenvalue weighted by Gasteiger charge is -2.11. The number of hydrogen-bond donors (Lipinski definition) is 1. The van der Waals surface area contributed by atoms with Gasteiger partial charge in [-0.2, -0.15) is 5.10 Å². The number of para-hydroxylation sites is 1. The van der Waals surface area contributed by atoms with Crippen molar-refractivity contribution in [1.82, 2.24) is 9.78 Å². The van der Waals surface area contributed by atoms with Gasteiger partial charge in [0.15, 0.2) is 0 Å². The summed E-state index contributed by atoms with van der Waals surface area (Å²) in [5.41, 5.74) is 1.06. The number of hydrogen-bond acceptors (Lipinski definition) is 2. The molecule has 1 aromatic carbocycles. The Morgan fingerprint density at radius 3 is 3.00 bits per heavy atom. The summed E-state index contributed by atoms with van der Waals surface area (Å²) < 4.78 is 1.89. The van der Waals surface area contributed by atoms with Crippen molar-refractivity contribution in [2.75, 3.05) is 0 Å². The van der Waals surface area contributed by atoms with Gasteiger partial charge in [-0.15, -0.1) is 0 Å². The summed E-state index contributed by atoms with van der Waals surface area (Å²) in [4.78, 5) is 10.5. The molecule has 0 radical (unpaired) electrons. The van der Waals surface area contributed by atoms with E-state index in [1.54, 1.807) is 0 Å². The summed E-state index contributed by atoms with van der Waals surface area (Å²) in [5.74, 6) is -0.761. The summed E-state index contributed by atoms with van der Waals surface area (Å²) in [6.07, 6.45) is 2.59. The summed E-state index contributed by atoms with van der Waals surface area (Å²) in [5, 5.41) is 14.0. The number of benzene rings is 1. The summed E-state index contributed by atoms with van der Waals surface area (Å²) >= 11 is 0. The minimum absolute atomic E-state index is 0.107. The largest absolute Gasteiger partial charge is 0.481 e. The first-order valence-corrected chi connectivity index (χ1v) is 5.32. The molecule has 16 heavy (non-hydrogen) atoms. The number of carboxylic acids is 1. The molecule has 4 nitrogen and oxygen atoms in total. The standard InChI is InChI=1S/C12H14N2O2/c1-9(6-7-12(15)16)14-11-5-3-2-4-10(11)8-13-14/h2-5,8-9H,6-7H2,1H3,(H,15,16). The number of rotatable bonds is 4. The quantitative estimate of drug-likeness (QED) is 0.857. The van der Waals surface area contributed by atoms with Gasteiger partial charge in [-0.1, -0.05) is 18.2 Å². The highest BCUT2D eigenvalue weighted by Crippen LogP contribution is 2.20. The fraction of sp³-hybridized carbons (Fsp3) is 0.333. The van der Waals surface area contributed by atoms with Crippen molar-refractivity contribution >= 4 is 16.9 Å². The molecular weight excluding hydrogens is 204 g/mol. The maximum atomic E-state index is 10.5. The predicted molar refractivity (Wildman–Crippen MR) is 61.3 cm³/mol. The lowest BCUT2D eigenvalue weighted by atomic mass is 10.2. The van der Waals surface area contributed by atoms with Crippen molar-refractivity contribution in [3.8, 4) is 0 Å². The molecule has 0 fully saturated rings. The summed E-state index contributed by atoms with van der Waals surface area (Å²) in [6, 6.07) is 8.04. The molecule has 1 heterocycles. The Bertz CT molecular complexity index is 504. The highest BCUT2D eigenvalue weighted by molar-refractivity contribution is 5.78. The van der Waals surface area contributed by atoms with E-state index in [1.165, 1.54) is 0 Å². The molecule has 1 atom stereocenters. The molecule has 0 amide bonds. The highest BCUT2D eigenvalue weighted by Gasteiger charge is 2.10. The number of nitrogens with zero attached hydrogens (tertiary/aromatic N) is 2. The van der Waals surface area contributed by atoms with E-state index < -0.39 is 5.97 Å². The zero-order chi connectivity index (χ0) is 11.5. The Hall–Kier alpha value is -1.84. The molecular formula is C12H14N2O2. The molecule has 0 aliphatic rings. The van der Waals surface area contributed by atoms with Crippen molar-refractivity contribution in [2.45, 2.75) is 25.8 Å². The summed E-state index contributed by atoms with van der Waals surface area (Å²) in [7, 11) is 0. The van der Waals surface area contributed by atoms with Gasteiger partial charge >= 0.3 is 5.97 Å². The van der Waals surface area contributed by atoms with E-state index in [9.17, 15) is 4.79 Å². The van der Waals surface area contributed by atoms with Gasteiger partial charge < -0.3 is 5.11 Å². The van der Waals surface area contributed by atoms with Crippen molar-refractivity contribution in [3.63, 3.8) is 0 Å². The fourth-order valence-electron chi connectivity index (χ4n) is 1.80. The van der Waals surface area contributed by atoms with E-state index >= 15 is 0 Å². The molecule has 0 saturated carbocycles. The van der Waals surface area contributed by atoms with Crippen LogP contribution >= 0.6 is 0 Å². The lowest BCUT2D eigenvalue weighted by molar-refractivity contribution is -0.137. The van der Waals surface area contributed by atoms with Crippen molar-refractivity contribution < 1.29 is 9.90 Å². The van der Waals surface area contributed by atoms with Gasteiger partial charge in [0, 0.05) is 11.8 Å². The van der Waals surface area contributed by atoms with Crippen molar-refractivity contribution in [1.29, 1.82) is 0 Å². The van der Waals surface area contributed by atoms with Gasteiger partial charge in [0.1, 0.15) is 0 Å². The molecule has 0 saturated heterocycles. The molecule has 0 aliphatic carbocycles. The molecule has 0 bridgehead atoms. The molecule has 0 aliphatic heterocycles. The van der Waals surface area contributed by atoms with Crippen LogP contribution in [0.5, 0.6) is 0 Å². The number of aromatic nitrogens is 2. The van der Waals surface area contributed by atoms with E-state index in [2.05, 4.69) is 5.10 Å². The number of carboxylic acid groups (broad SMARTS) is 1. The van der Waals surface area contributed by atoms with Crippen LogP contribution in [0.1, 0.15) is 25.8 Å². The minimum atomic E-state index is -0.761. The Balaban J connectivity index is 2.22. The molecule has 2 rings (SSSR count). The van der Waals surface area contributed by atoms with Crippen LogP contribution in [0.3, 0.4) is 0 Å². The van der Waals surface area contributed by atoms with Gasteiger partial charge in [0.25, 0.3) is 0 Å². The number of fused-ring (bicyclic) bond motifs is 1. The molecule has 4 heteroatoms. The Kier molecular flexibility index (Phi) is 2.90. The first-order valence-electron chi connectivity index (χ1n) is 5.32. The monoisotopic (exact) mass is 218 g/mol. The minimum Gasteiger partial charge on any atom is -0.481 e. The van der Waals surface area contributed by atoms with Gasteiger partial charge in [-0.05, 0) is 19.4 Å². The predicted octanol–water partition coefficient (Wildman–Crippen LogP) is 2.46. The zero-order valence-electron chi connectivity index (χ0n) is 9.13. The van der Waals surface area contributed by atoms with E-state index in [0.29, 0.717) is 6.42 Å². The molecule has 1 aromatic heterocycles. The number of aliphatic carboxylic acids is 1. The third-order valence-corrected chi connectivity index (χ3v) is 2.70. The topological polar surface area (TPSA) is 55.1 Å². The van der Waals surface area contributed by atoms with Crippen LogP contribution in [-0.4, -0.2) is 20.9 Å². The Labute approximate surface area is 93.5 Å². The molecule has 2 aromatic rings. The first-order chi connectivity index (χ1) is 7.68. The van der Waals surface area contributed by atoms with Gasteiger partial charge in [-0.3, -0.25) is 9.48 Å². The average Bonchev–Trinajstić information content (AvgIpc) is 2.69. The van der Waals surface area contributed by atoms with Crippen LogP contribution < -0.4 is 0 Å². The van der Waals surface area contributed by atoms with Crippen molar-refractivity contribution in [3.05, 3.63) is 30.5 Å². The van der Waals surface area contributed by atoms with Crippen molar-refractivity contribution in [2.24, 2.45) is 0 Å². The van der Waals surface area contributed by atoms with E-state index in [0.717, 1.165) is 10.9 Å². The highest BCUT2D eigenvalue weighted by atomic mass is 16.4. The van der Waals surface area contributed by atoms with Crippen LogP contribution in [0.15, 0.2) is 30.5 Å². The molecule has 0 spiro atoms. The van der Waals surface area contributed by atoms with E-state index in [-0.39, 0.29) is 12.5 Å². The third kappa shape index (κ3) is 2.05.